The first-order valence-corrected chi connectivity index (χ1v) is 7.70. The van der Waals surface area contributed by atoms with Crippen LogP contribution in [0.25, 0.3) is 0 Å². The molecule has 1 amide bonds. The molecule has 0 atom stereocenters. The van der Waals surface area contributed by atoms with Crippen molar-refractivity contribution in [3.8, 4) is 11.5 Å². The smallest absolute Gasteiger partial charge is 0.310 e. The van der Waals surface area contributed by atoms with Crippen LogP contribution in [0.1, 0.15) is 5.56 Å². The van der Waals surface area contributed by atoms with E-state index in [4.69, 9.17) is 14.2 Å². The van der Waals surface area contributed by atoms with Crippen molar-refractivity contribution < 1.29 is 28.2 Å². The molecule has 1 heterocycles. The Morgan fingerprint density at radius 3 is 2.68 bits per heavy atom. The first-order chi connectivity index (χ1) is 12.1. The molecule has 0 radical (unpaired) electrons. The highest BCUT2D eigenvalue weighted by Crippen LogP contribution is 2.30. The predicted molar refractivity (Wildman–Crippen MR) is 87.1 cm³/mol. The molecular weight excluding hydrogens is 329 g/mol. The van der Waals surface area contributed by atoms with Gasteiger partial charge in [0.25, 0.3) is 5.91 Å². The van der Waals surface area contributed by atoms with E-state index in [1.54, 1.807) is 18.2 Å². The fourth-order valence-electron chi connectivity index (χ4n) is 2.32. The highest BCUT2D eigenvalue weighted by molar-refractivity contribution is 5.92. The number of nitrogens with one attached hydrogen (secondary N) is 1. The van der Waals surface area contributed by atoms with E-state index in [1.165, 1.54) is 24.3 Å². The minimum atomic E-state index is -0.550. The molecule has 130 valence electrons. The van der Waals surface area contributed by atoms with Crippen LogP contribution in [-0.2, 0) is 20.7 Å². The monoisotopic (exact) mass is 345 g/mol. The Labute approximate surface area is 143 Å². The molecule has 0 unspecified atom stereocenters. The minimum Gasteiger partial charge on any atom is -0.486 e. The molecule has 1 aliphatic rings. The minimum absolute atomic E-state index is 0.00385. The normalized spacial score (nSPS) is 12.4. The molecular formula is C18H16FNO5. The first kappa shape index (κ1) is 16.8. The molecule has 3 rings (SSSR count). The van der Waals surface area contributed by atoms with Gasteiger partial charge in [0.05, 0.1) is 6.42 Å². The number of carbonyl (C=O) groups excluding carboxylic acids is 2. The summed E-state index contributed by atoms with van der Waals surface area (Å²) in [6.45, 7) is 0.510. The Morgan fingerprint density at radius 1 is 1.08 bits per heavy atom. The fourth-order valence-corrected chi connectivity index (χ4v) is 2.32. The van der Waals surface area contributed by atoms with Gasteiger partial charge in [-0.2, -0.15) is 0 Å². The molecule has 0 fully saturated rings. The predicted octanol–water partition coefficient (Wildman–Crippen LogP) is 2.32. The standard InChI is InChI=1S/C18H16FNO5/c19-13-2-1-3-14(10-13)20-17(21)11-25-18(22)9-12-4-5-15-16(8-12)24-7-6-23-15/h1-5,8,10H,6-7,9,11H2,(H,20,21). The van der Waals surface area contributed by atoms with Crippen LogP contribution in [0.15, 0.2) is 42.5 Å². The summed E-state index contributed by atoms with van der Waals surface area (Å²) < 4.78 is 28.8. The van der Waals surface area contributed by atoms with E-state index in [2.05, 4.69) is 5.32 Å². The number of carbonyl (C=O) groups is 2. The average Bonchev–Trinajstić information content (AvgIpc) is 2.60. The number of hydrogen-bond donors (Lipinski definition) is 1. The molecule has 7 heteroatoms. The molecule has 0 saturated heterocycles. The molecule has 0 saturated carbocycles. The molecule has 2 aromatic rings. The summed E-state index contributed by atoms with van der Waals surface area (Å²) in [4.78, 5) is 23.6. The first-order valence-electron chi connectivity index (χ1n) is 7.70. The van der Waals surface area contributed by atoms with Crippen molar-refractivity contribution in [1.82, 2.24) is 0 Å². The molecule has 0 aromatic heterocycles. The Morgan fingerprint density at radius 2 is 1.88 bits per heavy atom. The summed E-state index contributed by atoms with van der Waals surface area (Å²) in [5.74, 6) is -0.334. The maximum atomic E-state index is 13.0. The maximum Gasteiger partial charge on any atom is 0.310 e. The van der Waals surface area contributed by atoms with Gasteiger partial charge in [-0.3, -0.25) is 9.59 Å². The largest absolute Gasteiger partial charge is 0.486 e. The number of anilines is 1. The zero-order valence-electron chi connectivity index (χ0n) is 13.3. The van der Waals surface area contributed by atoms with Crippen LogP contribution in [0.3, 0.4) is 0 Å². The van der Waals surface area contributed by atoms with E-state index in [0.29, 0.717) is 36.0 Å². The van der Waals surface area contributed by atoms with Gasteiger partial charge in [0.2, 0.25) is 0 Å². The van der Waals surface area contributed by atoms with Crippen LogP contribution in [0, 0.1) is 5.82 Å². The zero-order valence-corrected chi connectivity index (χ0v) is 13.3. The number of benzene rings is 2. The molecule has 6 nitrogen and oxygen atoms in total. The summed E-state index contributed by atoms with van der Waals surface area (Å²) in [5, 5.41) is 2.45. The molecule has 1 aliphatic heterocycles. The lowest BCUT2D eigenvalue weighted by atomic mass is 10.1. The summed E-state index contributed by atoms with van der Waals surface area (Å²) in [6, 6.07) is 10.6. The molecule has 0 aliphatic carbocycles. The molecule has 0 spiro atoms. The third kappa shape index (κ3) is 4.69. The van der Waals surface area contributed by atoms with Gasteiger partial charge in [-0.25, -0.2) is 4.39 Å². The summed E-state index contributed by atoms with van der Waals surface area (Å²) in [6.07, 6.45) is 0.00385. The number of ether oxygens (including phenoxy) is 3. The van der Waals surface area contributed by atoms with Gasteiger partial charge in [-0.05, 0) is 35.9 Å². The van der Waals surface area contributed by atoms with Crippen molar-refractivity contribution in [3.63, 3.8) is 0 Å². The van der Waals surface area contributed by atoms with Gasteiger partial charge in [-0.15, -0.1) is 0 Å². The van der Waals surface area contributed by atoms with Crippen LogP contribution in [0.4, 0.5) is 10.1 Å². The van der Waals surface area contributed by atoms with Crippen molar-refractivity contribution in [3.05, 3.63) is 53.8 Å². The van der Waals surface area contributed by atoms with Gasteiger partial charge in [0.15, 0.2) is 18.1 Å². The number of rotatable bonds is 5. The van der Waals surface area contributed by atoms with Crippen LogP contribution in [-0.4, -0.2) is 31.7 Å². The van der Waals surface area contributed by atoms with Gasteiger partial charge in [-0.1, -0.05) is 12.1 Å². The van der Waals surface area contributed by atoms with E-state index in [0.717, 1.165) is 0 Å². The van der Waals surface area contributed by atoms with E-state index in [9.17, 15) is 14.0 Å². The van der Waals surface area contributed by atoms with E-state index in [-0.39, 0.29) is 6.42 Å². The van der Waals surface area contributed by atoms with Gasteiger partial charge in [0, 0.05) is 5.69 Å². The fraction of sp³-hybridized carbons (Fsp3) is 0.222. The summed E-state index contributed by atoms with van der Waals surface area (Å²) in [5.41, 5.74) is 0.993. The van der Waals surface area contributed by atoms with Crippen LogP contribution >= 0.6 is 0 Å². The Bertz CT molecular complexity index is 793. The topological polar surface area (TPSA) is 73.9 Å². The number of fused-ring (bicyclic) bond motifs is 1. The highest BCUT2D eigenvalue weighted by atomic mass is 19.1. The summed E-state index contributed by atoms with van der Waals surface area (Å²) >= 11 is 0. The number of esters is 1. The zero-order chi connectivity index (χ0) is 17.6. The second kappa shape index (κ2) is 7.65. The number of halogens is 1. The van der Waals surface area contributed by atoms with E-state index >= 15 is 0 Å². The Balaban J connectivity index is 1.48. The number of amides is 1. The SMILES string of the molecule is O=C(COC(=O)Cc1ccc2c(c1)OCCO2)Nc1cccc(F)c1. The highest BCUT2D eigenvalue weighted by Gasteiger charge is 2.14. The summed E-state index contributed by atoms with van der Waals surface area (Å²) in [7, 11) is 0. The van der Waals surface area contributed by atoms with Gasteiger partial charge < -0.3 is 19.5 Å². The Kier molecular flexibility index (Phi) is 5.13. The number of hydrogen-bond acceptors (Lipinski definition) is 5. The van der Waals surface area contributed by atoms with Crippen molar-refractivity contribution in [2.24, 2.45) is 0 Å². The lowest BCUT2D eigenvalue weighted by molar-refractivity contribution is -0.146. The van der Waals surface area contributed by atoms with Crippen molar-refractivity contribution in [2.75, 3.05) is 25.1 Å². The van der Waals surface area contributed by atoms with Crippen LogP contribution in [0.2, 0.25) is 0 Å². The van der Waals surface area contributed by atoms with Crippen molar-refractivity contribution >= 4 is 17.6 Å². The molecule has 0 bridgehead atoms. The van der Waals surface area contributed by atoms with Gasteiger partial charge in [0.1, 0.15) is 19.0 Å². The van der Waals surface area contributed by atoms with Crippen molar-refractivity contribution in [1.29, 1.82) is 0 Å². The van der Waals surface area contributed by atoms with Crippen LogP contribution in [0.5, 0.6) is 11.5 Å². The van der Waals surface area contributed by atoms with Gasteiger partial charge >= 0.3 is 5.97 Å². The molecule has 25 heavy (non-hydrogen) atoms. The molecule has 2 aromatic carbocycles. The second-order valence-corrected chi connectivity index (χ2v) is 5.37. The maximum absolute atomic E-state index is 13.0. The lowest BCUT2D eigenvalue weighted by Gasteiger charge is -2.18. The average molecular weight is 345 g/mol. The quantitative estimate of drug-likeness (QED) is 0.842. The lowest BCUT2D eigenvalue weighted by Crippen LogP contribution is -2.21. The molecule has 1 N–H and O–H groups in total. The van der Waals surface area contributed by atoms with E-state index in [1.807, 2.05) is 0 Å². The third-order valence-corrected chi connectivity index (χ3v) is 3.43. The third-order valence-electron chi connectivity index (χ3n) is 3.43. The van der Waals surface area contributed by atoms with Crippen LogP contribution < -0.4 is 14.8 Å². The Hall–Kier alpha value is -3.09. The van der Waals surface area contributed by atoms with E-state index < -0.39 is 24.3 Å². The van der Waals surface area contributed by atoms with Crippen molar-refractivity contribution in [2.45, 2.75) is 6.42 Å². The second-order valence-electron chi connectivity index (χ2n) is 5.37.